The highest BCUT2D eigenvalue weighted by molar-refractivity contribution is 5.23. The van der Waals surface area contributed by atoms with E-state index in [0.717, 1.165) is 13.1 Å². The van der Waals surface area contributed by atoms with Crippen molar-refractivity contribution in [1.29, 1.82) is 0 Å². The molecule has 0 radical (unpaired) electrons. The van der Waals surface area contributed by atoms with Crippen LogP contribution in [-0.4, -0.2) is 15.9 Å². The number of hydrogen-bond donors (Lipinski definition) is 0. The molecule has 2 heterocycles. The summed E-state index contributed by atoms with van der Waals surface area (Å²) in [4.78, 5) is 6.87. The molecule has 0 saturated heterocycles. The van der Waals surface area contributed by atoms with Gasteiger partial charge in [0, 0.05) is 25.3 Å². The standard InChI is InChI=1S/C11H16N2/c1-3-9(2)13-7-10-5-4-6-12-11(10)8-13/h4-6,9H,3,7-8H2,1-2H3. The SMILES string of the molecule is CCC(C)N1Cc2cccnc2C1. The van der Waals surface area contributed by atoms with Crippen LogP contribution in [-0.2, 0) is 13.1 Å². The molecule has 1 aromatic rings. The summed E-state index contributed by atoms with van der Waals surface area (Å²) >= 11 is 0. The Labute approximate surface area is 79.6 Å². The monoisotopic (exact) mass is 176 g/mol. The molecule has 1 unspecified atom stereocenters. The third kappa shape index (κ3) is 1.59. The van der Waals surface area contributed by atoms with E-state index in [1.165, 1.54) is 17.7 Å². The maximum atomic E-state index is 4.38. The first kappa shape index (κ1) is 8.70. The van der Waals surface area contributed by atoms with E-state index in [4.69, 9.17) is 0 Å². The Morgan fingerprint density at radius 1 is 1.54 bits per heavy atom. The highest BCUT2D eigenvalue weighted by Gasteiger charge is 2.22. The second-order valence-corrected chi connectivity index (χ2v) is 3.77. The second-order valence-electron chi connectivity index (χ2n) is 3.77. The van der Waals surface area contributed by atoms with Crippen LogP contribution in [0, 0.1) is 0 Å². The summed E-state index contributed by atoms with van der Waals surface area (Å²) < 4.78 is 0. The summed E-state index contributed by atoms with van der Waals surface area (Å²) in [6.45, 7) is 6.64. The average Bonchev–Trinajstić information content (AvgIpc) is 2.59. The van der Waals surface area contributed by atoms with Gasteiger partial charge in [0.05, 0.1) is 5.69 Å². The van der Waals surface area contributed by atoms with E-state index in [0.29, 0.717) is 6.04 Å². The van der Waals surface area contributed by atoms with E-state index in [-0.39, 0.29) is 0 Å². The van der Waals surface area contributed by atoms with Gasteiger partial charge >= 0.3 is 0 Å². The van der Waals surface area contributed by atoms with Crippen molar-refractivity contribution in [3.05, 3.63) is 29.6 Å². The highest BCUT2D eigenvalue weighted by Crippen LogP contribution is 2.22. The lowest BCUT2D eigenvalue weighted by atomic mass is 10.2. The number of pyridine rings is 1. The molecule has 1 atom stereocenters. The first-order valence-electron chi connectivity index (χ1n) is 4.98. The maximum Gasteiger partial charge on any atom is 0.0589 e. The normalized spacial score (nSPS) is 18.6. The van der Waals surface area contributed by atoms with Crippen molar-refractivity contribution in [3.63, 3.8) is 0 Å². The zero-order valence-electron chi connectivity index (χ0n) is 8.33. The van der Waals surface area contributed by atoms with Gasteiger partial charge in [0.2, 0.25) is 0 Å². The molecular formula is C11H16N2. The summed E-state index contributed by atoms with van der Waals surface area (Å²) in [5, 5.41) is 0. The molecule has 2 rings (SSSR count). The predicted octanol–water partition coefficient (Wildman–Crippen LogP) is 2.20. The Morgan fingerprint density at radius 3 is 3.08 bits per heavy atom. The van der Waals surface area contributed by atoms with Crippen molar-refractivity contribution in [2.45, 2.75) is 39.4 Å². The van der Waals surface area contributed by atoms with Crippen LogP contribution in [0.2, 0.25) is 0 Å². The molecule has 1 aliphatic heterocycles. The van der Waals surface area contributed by atoms with Crippen LogP contribution in [0.15, 0.2) is 18.3 Å². The number of rotatable bonds is 2. The van der Waals surface area contributed by atoms with Gasteiger partial charge in [-0.2, -0.15) is 0 Å². The molecule has 2 heteroatoms. The van der Waals surface area contributed by atoms with Gasteiger partial charge in [-0.05, 0) is 25.0 Å². The molecule has 0 aromatic carbocycles. The van der Waals surface area contributed by atoms with Crippen LogP contribution in [0.5, 0.6) is 0 Å². The summed E-state index contributed by atoms with van der Waals surface area (Å²) in [5.74, 6) is 0. The first-order chi connectivity index (χ1) is 6.31. The summed E-state index contributed by atoms with van der Waals surface area (Å²) in [6, 6.07) is 4.89. The quantitative estimate of drug-likeness (QED) is 0.686. The van der Waals surface area contributed by atoms with Crippen molar-refractivity contribution < 1.29 is 0 Å². The Hall–Kier alpha value is -0.890. The van der Waals surface area contributed by atoms with Gasteiger partial charge in [0.15, 0.2) is 0 Å². The molecule has 0 bridgehead atoms. The fourth-order valence-electron chi connectivity index (χ4n) is 1.79. The minimum Gasteiger partial charge on any atom is -0.291 e. The molecule has 1 aliphatic rings. The van der Waals surface area contributed by atoms with Crippen molar-refractivity contribution >= 4 is 0 Å². The minimum atomic E-state index is 0.675. The van der Waals surface area contributed by atoms with Crippen LogP contribution < -0.4 is 0 Å². The minimum absolute atomic E-state index is 0.675. The highest BCUT2D eigenvalue weighted by atomic mass is 15.2. The van der Waals surface area contributed by atoms with Gasteiger partial charge < -0.3 is 0 Å². The topological polar surface area (TPSA) is 16.1 Å². The van der Waals surface area contributed by atoms with Crippen molar-refractivity contribution in [1.82, 2.24) is 9.88 Å². The third-order valence-corrected chi connectivity index (χ3v) is 2.92. The Balaban J connectivity index is 2.14. The second kappa shape index (κ2) is 3.46. The lowest BCUT2D eigenvalue weighted by molar-refractivity contribution is 0.207. The van der Waals surface area contributed by atoms with E-state index in [1.807, 2.05) is 12.3 Å². The third-order valence-electron chi connectivity index (χ3n) is 2.92. The van der Waals surface area contributed by atoms with Crippen LogP contribution in [0.25, 0.3) is 0 Å². The van der Waals surface area contributed by atoms with E-state index in [2.05, 4.69) is 29.8 Å². The molecule has 2 nitrogen and oxygen atoms in total. The first-order valence-corrected chi connectivity index (χ1v) is 4.98. The van der Waals surface area contributed by atoms with E-state index >= 15 is 0 Å². The average molecular weight is 176 g/mol. The molecular weight excluding hydrogens is 160 g/mol. The Bertz CT molecular complexity index is 271. The summed E-state index contributed by atoms with van der Waals surface area (Å²) in [5.41, 5.74) is 2.67. The van der Waals surface area contributed by atoms with Crippen LogP contribution in [0.4, 0.5) is 0 Å². The lowest BCUT2D eigenvalue weighted by Crippen LogP contribution is -2.26. The molecule has 13 heavy (non-hydrogen) atoms. The van der Waals surface area contributed by atoms with Gasteiger partial charge in [-0.3, -0.25) is 9.88 Å². The van der Waals surface area contributed by atoms with Gasteiger partial charge in [-0.1, -0.05) is 13.0 Å². The molecule has 0 aliphatic carbocycles. The molecule has 70 valence electrons. The molecule has 0 saturated carbocycles. The Morgan fingerprint density at radius 2 is 2.38 bits per heavy atom. The summed E-state index contributed by atoms with van der Waals surface area (Å²) in [6.07, 6.45) is 3.10. The predicted molar refractivity (Wildman–Crippen MR) is 53.2 cm³/mol. The van der Waals surface area contributed by atoms with Crippen LogP contribution in [0.1, 0.15) is 31.5 Å². The van der Waals surface area contributed by atoms with Gasteiger partial charge in [-0.15, -0.1) is 0 Å². The van der Waals surface area contributed by atoms with Crippen molar-refractivity contribution in [2.24, 2.45) is 0 Å². The molecule has 0 amide bonds. The lowest BCUT2D eigenvalue weighted by Gasteiger charge is -2.21. The summed E-state index contributed by atoms with van der Waals surface area (Å²) in [7, 11) is 0. The van der Waals surface area contributed by atoms with Gasteiger partial charge in [0.1, 0.15) is 0 Å². The van der Waals surface area contributed by atoms with E-state index in [9.17, 15) is 0 Å². The smallest absolute Gasteiger partial charge is 0.0589 e. The van der Waals surface area contributed by atoms with Crippen molar-refractivity contribution in [3.8, 4) is 0 Å². The van der Waals surface area contributed by atoms with E-state index < -0.39 is 0 Å². The van der Waals surface area contributed by atoms with Crippen LogP contribution >= 0.6 is 0 Å². The maximum absolute atomic E-state index is 4.38. The van der Waals surface area contributed by atoms with Crippen molar-refractivity contribution in [2.75, 3.05) is 0 Å². The molecule has 1 aromatic heterocycles. The zero-order valence-corrected chi connectivity index (χ0v) is 8.33. The fourth-order valence-corrected chi connectivity index (χ4v) is 1.79. The largest absolute Gasteiger partial charge is 0.291 e. The number of nitrogens with zero attached hydrogens (tertiary/aromatic N) is 2. The van der Waals surface area contributed by atoms with E-state index in [1.54, 1.807) is 0 Å². The Kier molecular flexibility index (Phi) is 2.32. The molecule has 0 spiro atoms. The van der Waals surface area contributed by atoms with Gasteiger partial charge in [0.25, 0.3) is 0 Å². The molecule has 0 fully saturated rings. The molecule has 0 N–H and O–H groups in total. The van der Waals surface area contributed by atoms with Gasteiger partial charge in [-0.25, -0.2) is 0 Å². The number of fused-ring (bicyclic) bond motifs is 1. The van der Waals surface area contributed by atoms with Crippen LogP contribution in [0.3, 0.4) is 0 Å². The number of hydrogen-bond acceptors (Lipinski definition) is 2. The fraction of sp³-hybridized carbons (Fsp3) is 0.545. The zero-order chi connectivity index (χ0) is 9.26. The number of aromatic nitrogens is 1.